The van der Waals surface area contributed by atoms with Crippen LogP contribution in [0.2, 0.25) is 0 Å². The number of carboxylic acids is 1. The molecule has 1 amide bonds. The minimum Gasteiger partial charge on any atom is -0.496 e. The molecule has 126 valence electrons. The zero-order chi connectivity index (χ0) is 16.7. The van der Waals surface area contributed by atoms with Gasteiger partial charge < -0.3 is 19.5 Å². The number of carbonyl (C=O) groups is 2. The lowest BCUT2D eigenvalue weighted by Crippen LogP contribution is -2.39. The summed E-state index contributed by atoms with van der Waals surface area (Å²) in [6, 6.07) is 7.36. The number of benzene rings is 1. The van der Waals surface area contributed by atoms with Crippen molar-refractivity contribution in [2.24, 2.45) is 0 Å². The molecule has 0 saturated carbocycles. The molecule has 6 heteroatoms. The van der Waals surface area contributed by atoms with Crippen molar-refractivity contribution in [3.05, 3.63) is 29.8 Å². The van der Waals surface area contributed by atoms with Gasteiger partial charge in [0.05, 0.1) is 26.1 Å². The van der Waals surface area contributed by atoms with E-state index in [0.717, 1.165) is 18.4 Å². The maximum Gasteiger partial charge on any atom is 0.305 e. The minimum atomic E-state index is -0.910. The first kappa shape index (κ1) is 17.3. The fourth-order valence-electron chi connectivity index (χ4n) is 2.71. The van der Waals surface area contributed by atoms with Gasteiger partial charge in [-0.2, -0.15) is 0 Å². The number of carboxylic acid groups (broad SMARTS) is 1. The van der Waals surface area contributed by atoms with Gasteiger partial charge in [-0.3, -0.25) is 9.59 Å². The van der Waals surface area contributed by atoms with E-state index in [-0.39, 0.29) is 31.4 Å². The van der Waals surface area contributed by atoms with E-state index < -0.39 is 5.97 Å². The third-order valence-corrected chi connectivity index (χ3v) is 3.93. The van der Waals surface area contributed by atoms with E-state index in [4.69, 9.17) is 14.6 Å². The number of hydrogen-bond donors (Lipinski definition) is 1. The lowest BCUT2D eigenvalue weighted by Gasteiger charge is -2.25. The fraction of sp³-hybridized carbons (Fsp3) is 0.529. The summed E-state index contributed by atoms with van der Waals surface area (Å²) < 4.78 is 10.8. The molecule has 23 heavy (non-hydrogen) atoms. The van der Waals surface area contributed by atoms with Gasteiger partial charge in [0.25, 0.3) is 0 Å². The van der Waals surface area contributed by atoms with E-state index >= 15 is 0 Å². The smallest absolute Gasteiger partial charge is 0.305 e. The van der Waals surface area contributed by atoms with Crippen LogP contribution in [-0.4, -0.2) is 54.8 Å². The molecular formula is C17H23NO5. The van der Waals surface area contributed by atoms with E-state index in [1.165, 1.54) is 0 Å². The van der Waals surface area contributed by atoms with Crippen LogP contribution >= 0.6 is 0 Å². The van der Waals surface area contributed by atoms with Gasteiger partial charge in [-0.05, 0) is 18.9 Å². The Hall–Kier alpha value is -2.08. The van der Waals surface area contributed by atoms with Crippen LogP contribution in [0.15, 0.2) is 24.3 Å². The molecule has 1 aromatic rings. The highest BCUT2D eigenvalue weighted by Crippen LogP contribution is 2.20. The number of para-hydroxylation sites is 1. The second kappa shape index (κ2) is 8.53. The molecule has 0 spiro atoms. The Morgan fingerprint density at radius 1 is 1.39 bits per heavy atom. The van der Waals surface area contributed by atoms with Crippen LogP contribution in [0.4, 0.5) is 0 Å². The van der Waals surface area contributed by atoms with E-state index in [9.17, 15) is 9.59 Å². The molecule has 2 rings (SSSR count). The second-order valence-electron chi connectivity index (χ2n) is 5.61. The Morgan fingerprint density at radius 3 is 2.83 bits per heavy atom. The lowest BCUT2D eigenvalue weighted by molar-refractivity contribution is -0.139. The number of carbonyl (C=O) groups excluding carboxylic acids is 1. The molecular weight excluding hydrogens is 298 g/mol. The normalized spacial score (nSPS) is 17.0. The number of rotatable bonds is 8. The average molecular weight is 321 g/mol. The molecule has 1 aliphatic rings. The fourth-order valence-corrected chi connectivity index (χ4v) is 2.71. The van der Waals surface area contributed by atoms with Gasteiger partial charge in [-0.25, -0.2) is 0 Å². The van der Waals surface area contributed by atoms with Crippen molar-refractivity contribution in [3.8, 4) is 5.75 Å². The SMILES string of the molecule is COc1ccccc1CC(=O)N(CCC(=O)O)C[C@@H]1CCCO1. The Labute approximate surface area is 136 Å². The first-order chi connectivity index (χ1) is 11.1. The minimum absolute atomic E-state index is 0.00501. The quantitative estimate of drug-likeness (QED) is 0.789. The summed E-state index contributed by atoms with van der Waals surface area (Å²) in [5.74, 6) is -0.352. The van der Waals surface area contributed by atoms with Gasteiger partial charge in [-0.1, -0.05) is 18.2 Å². The Kier molecular flexibility index (Phi) is 6.40. The third kappa shape index (κ3) is 5.25. The number of amides is 1. The Morgan fingerprint density at radius 2 is 2.17 bits per heavy atom. The maximum absolute atomic E-state index is 12.6. The zero-order valence-corrected chi connectivity index (χ0v) is 13.4. The standard InChI is InChI=1S/C17H23NO5/c1-22-15-7-3-2-5-13(15)11-16(19)18(9-8-17(20)21)12-14-6-4-10-23-14/h2-3,5,7,14H,4,6,8-12H2,1H3,(H,20,21)/t14-/m0/s1. The van der Waals surface area contributed by atoms with Gasteiger partial charge in [-0.15, -0.1) is 0 Å². The van der Waals surface area contributed by atoms with Crippen LogP contribution in [0.25, 0.3) is 0 Å². The first-order valence-electron chi connectivity index (χ1n) is 7.83. The van der Waals surface area contributed by atoms with Crippen molar-refractivity contribution in [1.82, 2.24) is 4.90 Å². The summed E-state index contributed by atoms with van der Waals surface area (Å²) >= 11 is 0. The van der Waals surface area contributed by atoms with Crippen LogP contribution in [-0.2, 0) is 20.7 Å². The van der Waals surface area contributed by atoms with Crippen LogP contribution in [0.1, 0.15) is 24.8 Å². The van der Waals surface area contributed by atoms with Gasteiger partial charge in [0.1, 0.15) is 5.75 Å². The monoisotopic (exact) mass is 321 g/mol. The molecule has 1 aromatic carbocycles. The van der Waals surface area contributed by atoms with Crippen molar-refractivity contribution < 1.29 is 24.2 Å². The second-order valence-corrected chi connectivity index (χ2v) is 5.61. The van der Waals surface area contributed by atoms with Crippen molar-refractivity contribution in [2.45, 2.75) is 31.8 Å². The van der Waals surface area contributed by atoms with Gasteiger partial charge in [0.2, 0.25) is 5.91 Å². The molecule has 1 fully saturated rings. The predicted molar refractivity (Wildman–Crippen MR) is 84.5 cm³/mol. The van der Waals surface area contributed by atoms with Gasteiger partial charge in [0, 0.05) is 25.3 Å². The van der Waals surface area contributed by atoms with E-state index in [2.05, 4.69) is 0 Å². The summed E-state index contributed by atoms with van der Waals surface area (Å²) in [4.78, 5) is 25.0. The van der Waals surface area contributed by atoms with E-state index in [0.29, 0.717) is 18.9 Å². The Bertz CT molecular complexity index is 540. The highest BCUT2D eigenvalue weighted by atomic mass is 16.5. The summed E-state index contributed by atoms with van der Waals surface area (Å²) in [5, 5.41) is 8.89. The summed E-state index contributed by atoms with van der Waals surface area (Å²) in [6.07, 6.45) is 2.02. The lowest BCUT2D eigenvalue weighted by atomic mass is 10.1. The topological polar surface area (TPSA) is 76.1 Å². The zero-order valence-electron chi connectivity index (χ0n) is 13.4. The molecule has 0 unspecified atom stereocenters. The van der Waals surface area contributed by atoms with Crippen LogP contribution in [0.3, 0.4) is 0 Å². The molecule has 1 aliphatic heterocycles. The van der Waals surface area contributed by atoms with Crippen molar-refractivity contribution in [3.63, 3.8) is 0 Å². The highest BCUT2D eigenvalue weighted by molar-refractivity contribution is 5.80. The van der Waals surface area contributed by atoms with E-state index in [1.54, 1.807) is 12.0 Å². The summed E-state index contributed by atoms with van der Waals surface area (Å²) in [6.45, 7) is 1.35. The van der Waals surface area contributed by atoms with Gasteiger partial charge >= 0.3 is 5.97 Å². The van der Waals surface area contributed by atoms with E-state index in [1.807, 2.05) is 24.3 Å². The summed E-state index contributed by atoms with van der Waals surface area (Å²) in [7, 11) is 1.57. The van der Waals surface area contributed by atoms with Crippen molar-refractivity contribution in [1.29, 1.82) is 0 Å². The number of methoxy groups -OCH3 is 1. The van der Waals surface area contributed by atoms with Crippen molar-refractivity contribution in [2.75, 3.05) is 26.8 Å². The van der Waals surface area contributed by atoms with Gasteiger partial charge in [0.15, 0.2) is 0 Å². The first-order valence-corrected chi connectivity index (χ1v) is 7.83. The summed E-state index contributed by atoms with van der Waals surface area (Å²) in [5.41, 5.74) is 0.799. The molecule has 0 radical (unpaired) electrons. The number of aliphatic carboxylic acids is 1. The molecule has 1 heterocycles. The van der Waals surface area contributed by atoms with Crippen LogP contribution in [0.5, 0.6) is 5.75 Å². The molecule has 1 atom stereocenters. The molecule has 0 aromatic heterocycles. The van der Waals surface area contributed by atoms with Crippen molar-refractivity contribution >= 4 is 11.9 Å². The molecule has 1 N–H and O–H groups in total. The Balaban J connectivity index is 2.03. The maximum atomic E-state index is 12.6. The largest absolute Gasteiger partial charge is 0.496 e. The number of nitrogens with zero attached hydrogens (tertiary/aromatic N) is 1. The third-order valence-electron chi connectivity index (χ3n) is 3.93. The average Bonchev–Trinajstić information content (AvgIpc) is 3.04. The molecule has 0 aliphatic carbocycles. The molecule has 6 nitrogen and oxygen atoms in total. The predicted octanol–water partition coefficient (Wildman–Crippen LogP) is 1.72. The highest BCUT2D eigenvalue weighted by Gasteiger charge is 2.23. The number of ether oxygens (including phenoxy) is 2. The number of hydrogen-bond acceptors (Lipinski definition) is 4. The van der Waals surface area contributed by atoms with Crippen LogP contribution in [0, 0.1) is 0 Å². The van der Waals surface area contributed by atoms with Crippen LogP contribution < -0.4 is 4.74 Å². The molecule has 1 saturated heterocycles. The molecule has 0 bridgehead atoms.